The first-order chi connectivity index (χ1) is 8.22. The first kappa shape index (κ1) is 14.6. The summed E-state index contributed by atoms with van der Waals surface area (Å²) in [4.78, 5) is 10.8. The molecule has 1 heterocycles. The van der Waals surface area contributed by atoms with E-state index in [4.69, 9.17) is 5.11 Å². The van der Waals surface area contributed by atoms with Crippen LogP contribution in [0.1, 0.15) is 19.3 Å². The van der Waals surface area contributed by atoms with Crippen LogP contribution < -0.4 is 0 Å². The summed E-state index contributed by atoms with van der Waals surface area (Å²) in [5, 5.41) is 8.55. The van der Waals surface area contributed by atoms with E-state index < -0.39 is 21.8 Å². The molecule has 104 valence electrons. The Kier molecular flexibility index (Phi) is 4.03. The van der Waals surface area contributed by atoms with E-state index in [1.807, 2.05) is 0 Å². The average molecular weight is 304 g/mol. The summed E-state index contributed by atoms with van der Waals surface area (Å²) in [7, 11) is -2.40. The van der Waals surface area contributed by atoms with Crippen molar-refractivity contribution in [2.75, 3.05) is 0 Å². The van der Waals surface area contributed by atoms with Crippen LogP contribution in [0.5, 0.6) is 0 Å². The highest BCUT2D eigenvalue weighted by Crippen LogP contribution is 2.44. The van der Waals surface area contributed by atoms with E-state index in [1.54, 1.807) is 0 Å². The van der Waals surface area contributed by atoms with Crippen molar-refractivity contribution in [1.29, 1.82) is 0 Å². The lowest BCUT2D eigenvalue weighted by Crippen LogP contribution is -2.59. The number of nitrogens with zero attached hydrogens (tertiary/aromatic N) is 1. The molecule has 1 aliphatic carbocycles. The Labute approximate surface area is 117 Å². The SMILES string of the molecule is C[Si]1(C)CC[Si](C)(C)N1C1CCC(SC(=O)O)C1. The third-order valence-corrected chi connectivity index (χ3v) is 16.0. The Morgan fingerprint density at radius 2 is 1.72 bits per heavy atom. The smallest absolute Gasteiger partial charge is 0.365 e. The Morgan fingerprint density at radius 3 is 2.22 bits per heavy atom. The molecule has 18 heavy (non-hydrogen) atoms. The van der Waals surface area contributed by atoms with Crippen LogP contribution in [0.25, 0.3) is 0 Å². The van der Waals surface area contributed by atoms with Crippen molar-refractivity contribution in [2.45, 2.75) is 68.8 Å². The second-order valence-electron chi connectivity index (χ2n) is 6.97. The summed E-state index contributed by atoms with van der Waals surface area (Å²) in [5.74, 6) is 0. The van der Waals surface area contributed by atoms with Gasteiger partial charge in [-0.25, -0.2) is 4.79 Å². The second kappa shape index (κ2) is 4.96. The highest BCUT2D eigenvalue weighted by Gasteiger charge is 2.51. The van der Waals surface area contributed by atoms with Gasteiger partial charge in [0.15, 0.2) is 0 Å². The van der Waals surface area contributed by atoms with E-state index in [0.29, 0.717) is 11.3 Å². The predicted molar refractivity (Wildman–Crippen MR) is 83.5 cm³/mol. The minimum absolute atomic E-state index is 0.350. The molecule has 2 unspecified atom stereocenters. The van der Waals surface area contributed by atoms with Crippen molar-refractivity contribution in [2.24, 2.45) is 0 Å². The van der Waals surface area contributed by atoms with Gasteiger partial charge in [-0.2, -0.15) is 0 Å². The Hall–Kier alpha value is 0.214. The predicted octanol–water partition coefficient (Wildman–Crippen LogP) is 4.04. The van der Waals surface area contributed by atoms with Crippen LogP contribution in [0.3, 0.4) is 0 Å². The van der Waals surface area contributed by atoms with Crippen molar-refractivity contribution in [3.05, 3.63) is 0 Å². The summed E-state index contributed by atoms with van der Waals surface area (Å²) < 4.78 is 2.95. The van der Waals surface area contributed by atoms with Crippen molar-refractivity contribution < 1.29 is 9.90 Å². The molecule has 0 bridgehead atoms. The van der Waals surface area contributed by atoms with Crippen LogP contribution in [0, 0.1) is 0 Å². The molecule has 2 aliphatic rings. The maximum atomic E-state index is 10.8. The van der Waals surface area contributed by atoms with Crippen molar-refractivity contribution in [3.8, 4) is 0 Å². The number of rotatable bonds is 2. The fourth-order valence-electron chi connectivity index (χ4n) is 4.06. The van der Waals surface area contributed by atoms with E-state index in [2.05, 4.69) is 30.4 Å². The van der Waals surface area contributed by atoms with Crippen LogP contribution in [-0.2, 0) is 0 Å². The van der Waals surface area contributed by atoms with Crippen LogP contribution in [0.2, 0.25) is 38.3 Å². The first-order valence-electron chi connectivity index (χ1n) is 6.91. The number of hydrogen-bond acceptors (Lipinski definition) is 3. The van der Waals surface area contributed by atoms with Gasteiger partial charge in [-0.3, -0.25) is 0 Å². The number of hydrogen-bond donors (Lipinski definition) is 1. The molecule has 6 heteroatoms. The molecule has 1 saturated heterocycles. The van der Waals surface area contributed by atoms with Gasteiger partial charge in [-0.05, 0) is 49.2 Å². The molecule has 0 radical (unpaired) electrons. The minimum Gasteiger partial charge on any atom is -0.473 e. The fourth-order valence-corrected chi connectivity index (χ4v) is 20.0. The largest absolute Gasteiger partial charge is 0.473 e. The lowest BCUT2D eigenvalue weighted by molar-refractivity contribution is 0.222. The number of thioether (sulfide) groups is 1. The van der Waals surface area contributed by atoms with Crippen molar-refractivity contribution in [3.63, 3.8) is 0 Å². The molecule has 2 fully saturated rings. The molecule has 1 saturated carbocycles. The molecule has 0 aromatic carbocycles. The standard InChI is InChI=1S/C12H25NO2SSi2/c1-17(2)7-8-18(3,4)13(17)10-5-6-11(9-10)16-12(14)15/h10-11H,5-9H2,1-4H3,(H,14,15). The lowest BCUT2D eigenvalue weighted by atomic mass is 10.3. The average Bonchev–Trinajstić information content (AvgIpc) is 2.69. The highest BCUT2D eigenvalue weighted by atomic mass is 32.2. The molecule has 2 rings (SSSR count). The Bertz CT molecular complexity index is 333. The Morgan fingerprint density at radius 1 is 1.17 bits per heavy atom. The molecule has 0 aromatic rings. The fraction of sp³-hybridized carbons (Fsp3) is 0.917. The molecule has 3 nitrogen and oxygen atoms in total. The summed E-state index contributed by atoms with van der Waals surface area (Å²) in [6, 6.07) is 3.58. The van der Waals surface area contributed by atoms with Gasteiger partial charge in [-0.1, -0.05) is 26.2 Å². The Balaban J connectivity index is 2.06. The van der Waals surface area contributed by atoms with Gasteiger partial charge in [0, 0.05) is 5.25 Å². The van der Waals surface area contributed by atoms with E-state index in [-0.39, 0.29) is 0 Å². The zero-order valence-electron chi connectivity index (χ0n) is 11.9. The van der Waals surface area contributed by atoms with Crippen LogP contribution >= 0.6 is 11.8 Å². The second-order valence-corrected chi connectivity index (χ2v) is 17.9. The van der Waals surface area contributed by atoms with Crippen LogP contribution in [0.4, 0.5) is 4.79 Å². The highest BCUT2D eigenvalue weighted by molar-refractivity contribution is 8.13. The lowest BCUT2D eigenvalue weighted by Gasteiger charge is -2.43. The molecule has 0 aromatic heterocycles. The molecule has 1 aliphatic heterocycles. The van der Waals surface area contributed by atoms with Crippen molar-refractivity contribution >= 4 is 33.5 Å². The quantitative estimate of drug-likeness (QED) is 0.782. The van der Waals surface area contributed by atoms with Gasteiger partial charge in [0.2, 0.25) is 0 Å². The van der Waals surface area contributed by atoms with E-state index >= 15 is 0 Å². The zero-order chi connectivity index (χ0) is 13.6. The van der Waals surface area contributed by atoms with Gasteiger partial charge in [0.05, 0.1) is 0 Å². The van der Waals surface area contributed by atoms with Crippen LogP contribution in [0.15, 0.2) is 0 Å². The molecule has 0 amide bonds. The third kappa shape index (κ3) is 2.86. The van der Waals surface area contributed by atoms with Crippen molar-refractivity contribution in [1.82, 2.24) is 4.23 Å². The normalized spacial score (nSPS) is 34.9. The molecule has 2 atom stereocenters. The summed E-state index contributed by atoms with van der Waals surface area (Å²) in [6.07, 6.45) is 3.41. The third-order valence-electron chi connectivity index (χ3n) is 4.64. The number of carboxylic acid groups (broad SMARTS) is 1. The van der Waals surface area contributed by atoms with E-state index in [0.717, 1.165) is 24.6 Å². The first-order valence-corrected chi connectivity index (χ1v) is 14.1. The summed E-state index contributed by atoms with van der Waals surface area (Å²) >= 11 is 1.15. The monoisotopic (exact) mass is 303 g/mol. The summed E-state index contributed by atoms with van der Waals surface area (Å²) in [5.41, 5.74) is 0. The van der Waals surface area contributed by atoms with E-state index in [9.17, 15) is 4.79 Å². The maximum absolute atomic E-state index is 10.8. The minimum atomic E-state index is -1.20. The zero-order valence-corrected chi connectivity index (χ0v) is 14.7. The van der Waals surface area contributed by atoms with Gasteiger partial charge < -0.3 is 9.34 Å². The topological polar surface area (TPSA) is 40.5 Å². The number of carbonyl (C=O) groups is 1. The maximum Gasteiger partial charge on any atom is 0.365 e. The molecular formula is C12H25NO2SSi2. The molecular weight excluding hydrogens is 278 g/mol. The van der Waals surface area contributed by atoms with Gasteiger partial charge in [0.1, 0.15) is 16.5 Å². The van der Waals surface area contributed by atoms with E-state index in [1.165, 1.54) is 18.5 Å². The van der Waals surface area contributed by atoms with Crippen LogP contribution in [-0.4, -0.2) is 42.4 Å². The molecule has 1 N–H and O–H groups in total. The van der Waals surface area contributed by atoms with Gasteiger partial charge in [-0.15, -0.1) is 0 Å². The van der Waals surface area contributed by atoms with Gasteiger partial charge >= 0.3 is 5.30 Å². The summed E-state index contributed by atoms with van der Waals surface area (Å²) in [6.45, 7) is 10.0. The molecule has 0 spiro atoms. The van der Waals surface area contributed by atoms with Gasteiger partial charge in [0.25, 0.3) is 0 Å².